The maximum atomic E-state index is 12.8. The quantitative estimate of drug-likeness (QED) is 0.746. The molecule has 2 aromatic rings. The van der Waals surface area contributed by atoms with Gasteiger partial charge >= 0.3 is 0 Å². The van der Waals surface area contributed by atoms with E-state index in [9.17, 15) is 4.39 Å². The summed E-state index contributed by atoms with van der Waals surface area (Å²) in [6.45, 7) is 0.757. The molecule has 2 heterocycles. The number of hydrogen-bond acceptors (Lipinski definition) is 5. The molecule has 0 unspecified atom stereocenters. The lowest BCUT2D eigenvalue weighted by molar-refractivity contribution is 0.628. The molecule has 1 aliphatic heterocycles. The Balaban J connectivity index is 0.00000161. The topological polar surface area (TPSA) is 75.3 Å². The number of hydrazone groups is 1. The first-order valence-electron chi connectivity index (χ1n) is 6.31. The number of hydrogen-bond donors (Lipinski definition) is 3. The Bertz CT molecular complexity index is 657. The van der Waals surface area contributed by atoms with E-state index < -0.39 is 0 Å². The third-order valence-corrected chi connectivity index (χ3v) is 3.05. The van der Waals surface area contributed by atoms with Crippen molar-refractivity contribution in [1.29, 1.82) is 0 Å². The molecule has 1 aromatic heterocycles. The molecule has 1 aliphatic rings. The summed E-state index contributed by atoms with van der Waals surface area (Å²) in [5.74, 6) is 0.954. The molecule has 0 atom stereocenters. The van der Waals surface area contributed by atoms with Crippen LogP contribution in [0.2, 0.25) is 0 Å². The van der Waals surface area contributed by atoms with Crippen LogP contribution in [-0.4, -0.2) is 17.2 Å². The van der Waals surface area contributed by atoms with Gasteiger partial charge in [0.1, 0.15) is 17.5 Å². The third kappa shape index (κ3) is 3.41. The Kier molecular flexibility index (Phi) is 4.59. The molecule has 0 bridgehead atoms. The predicted molar refractivity (Wildman–Crippen MR) is 85.6 cm³/mol. The van der Waals surface area contributed by atoms with E-state index in [2.05, 4.69) is 20.8 Å². The van der Waals surface area contributed by atoms with E-state index in [1.807, 2.05) is 6.07 Å². The Morgan fingerprint density at radius 2 is 1.95 bits per heavy atom. The summed E-state index contributed by atoms with van der Waals surface area (Å²) >= 11 is 0. The van der Waals surface area contributed by atoms with E-state index in [0.717, 1.165) is 35.7 Å². The molecule has 0 spiro atoms. The van der Waals surface area contributed by atoms with Gasteiger partial charge in [-0.05, 0) is 36.4 Å². The molecule has 21 heavy (non-hydrogen) atoms. The summed E-state index contributed by atoms with van der Waals surface area (Å²) in [6, 6.07) is 9.71. The van der Waals surface area contributed by atoms with E-state index in [4.69, 9.17) is 5.73 Å². The molecule has 5 nitrogen and oxygen atoms in total. The number of aromatic nitrogens is 1. The van der Waals surface area contributed by atoms with Crippen molar-refractivity contribution in [2.75, 3.05) is 23.0 Å². The summed E-state index contributed by atoms with van der Waals surface area (Å²) in [5.41, 5.74) is 11.2. The number of nitrogens with one attached hydrogen (secondary N) is 2. The number of nitrogens with zero attached hydrogens (tertiary/aromatic N) is 2. The van der Waals surface area contributed by atoms with E-state index in [0.29, 0.717) is 5.82 Å². The fraction of sp³-hybridized carbons (Fsp3) is 0.143. The smallest absolute Gasteiger partial charge is 0.137 e. The number of nitrogen functional groups attached to an aromatic ring is 1. The SMILES string of the molecule is Cl.Nc1ccc2c(n1)NCCC2=NNc1ccc(F)cc1. The van der Waals surface area contributed by atoms with Gasteiger partial charge < -0.3 is 11.1 Å². The minimum atomic E-state index is -0.268. The van der Waals surface area contributed by atoms with Crippen molar-refractivity contribution in [2.45, 2.75) is 6.42 Å². The Labute approximate surface area is 127 Å². The largest absolute Gasteiger partial charge is 0.384 e. The Hall–Kier alpha value is -2.34. The van der Waals surface area contributed by atoms with Crippen molar-refractivity contribution in [1.82, 2.24) is 4.98 Å². The normalized spacial score (nSPS) is 14.8. The first-order valence-corrected chi connectivity index (χ1v) is 6.31. The molecule has 7 heteroatoms. The van der Waals surface area contributed by atoms with Gasteiger partial charge in [-0.3, -0.25) is 5.43 Å². The van der Waals surface area contributed by atoms with Gasteiger partial charge in [0.2, 0.25) is 0 Å². The highest BCUT2D eigenvalue weighted by Gasteiger charge is 2.16. The number of rotatable bonds is 2. The van der Waals surface area contributed by atoms with Gasteiger partial charge in [-0.2, -0.15) is 5.10 Å². The van der Waals surface area contributed by atoms with Crippen LogP contribution >= 0.6 is 12.4 Å². The second-order valence-electron chi connectivity index (χ2n) is 4.49. The van der Waals surface area contributed by atoms with Gasteiger partial charge in [0.25, 0.3) is 0 Å². The van der Waals surface area contributed by atoms with Crippen LogP contribution in [0.25, 0.3) is 0 Å². The highest BCUT2D eigenvalue weighted by Crippen LogP contribution is 2.21. The minimum Gasteiger partial charge on any atom is -0.384 e. The first-order chi connectivity index (χ1) is 9.72. The summed E-state index contributed by atoms with van der Waals surface area (Å²) in [6.07, 6.45) is 0.785. The number of pyridine rings is 1. The third-order valence-electron chi connectivity index (χ3n) is 3.05. The molecule has 4 N–H and O–H groups in total. The van der Waals surface area contributed by atoms with Crippen molar-refractivity contribution >= 4 is 35.4 Å². The van der Waals surface area contributed by atoms with Crippen molar-refractivity contribution in [3.05, 3.63) is 47.8 Å². The Morgan fingerprint density at radius 1 is 1.19 bits per heavy atom. The van der Waals surface area contributed by atoms with E-state index >= 15 is 0 Å². The highest BCUT2D eigenvalue weighted by atomic mass is 35.5. The van der Waals surface area contributed by atoms with Gasteiger partial charge in [0.05, 0.1) is 11.4 Å². The average molecular weight is 308 g/mol. The second kappa shape index (κ2) is 6.41. The number of benzene rings is 1. The van der Waals surface area contributed by atoms with Crippen molar-refractivity contribution in [3.8, 4) is 0 Å². The van der Waals surface area contributed by atoms with Crippen LogP contribution in [0.4, 0.5) is 21.7 Å². The highest BCUT2D eigenvalue weighted by molar-refractivity contribution is 6.06. The summed E-state index contributed by atoms with van der Waals surface area (Å²) in [5, 5.41) is 7.57. The lowest BCUT2D eigenvalue weighted by Crippen LogP contribution is -2.21. The minimum absolute atomic E-state index is 0. The molecular weight excluding hydrogens is 293 g/mol. The van der Waals surface area contributed by atoms with Crippen LogP contribution in [0.3, 0.4) is 0 Å². The lowest BCUT2D eigenvalue weighted by Gasteiger charge is -2.19. The standard InChI is InChI=1S/C14H14FN5.ClH/c15-9-1-3-10(4-2-9)19-20-12-7-8-17-14-11(12)5-6-13(16)18-14;/h1-6,19H,7-8H2,(H3,16,17,18);1H. The molecular formula is C14H15ClFN5. The predicted octanol–water partition coefficient (Wildman–Crippen LogP) is 2.86. The van der Waals surface area contributed by atoms with E-state index in [-0.39, 0.29) is 18.2 Å². The summed E-state index contributed by atoms with van der Waals surface area (Å²) in [7, 11) is 0. The molecule has 0 saturated carbocycles. The maximum absolute atomic E-state index is 12.8. The van der Waals surface area contributed by atoms with Crippen molar-refractivity contribution < 1.29 is 4.39 Å². The molecule has 3 rings (SSSR count). The first kappa shape index (κ1) is 15.1. The number of fused-ring (bicyclic) bond motifs is 1. The zero-order valence-electron chi connectivity index (χ0n) is 11.1. The monoisotopic (exact) mass is 307 g/mol. The molecule has 0 radical (unpaired) electrons. The van der Waals surface area contributed by atoms with Gasteiger partial charge in [0.15, 0.2) is 0 Å². The zero-order chi connectivity index (χ0) is 13.9. The van der Waals surface area contributed by atoms with Crippen LogP contribution in [-0.2, 0) is 0 Å². The summed E-state index contributed by atoms with van der Waals surface area (Å²) < 4.78 is 12.8. The van der Waals surface area contributed by atoms with Crippen LogP contribution in [0.1, 0.15) is 12.0 Å². The average Bonchev–Trinajstić information content (AvgIpc) is 2.46. The van der Waals surface area contributed by atoms with Crippen molar-refractivity contribution in [2.24, 2.45) is 5.10 Å². The van der Waals surface area contributed by atoms with E-state index in [1.54, 1.807) is 18.2 Å². The van der Waals surface area contributed by atoms with Gasteiger partial charge in [-0.15, -0.1) is 12.4 Å². The van der Waals surface area contributed by atoms with Crippen molar-refractivity contribution in [3.63, 3.8) is 0 Å². The zero-order valence-corrected chi connectivity index (χ0v) is 12.0. The molecule has 0 saturated heterocycles. The number of anilines is 3. The lowest BCUT2D eigenvalue weighted by atomic mass is 10.1. The van der Waals surface area contributed by atoms with Crippen LogP contribution < -0.4 is 16.5 Å². The summed E-state index contributed by atoms with van der Waals surface area (Å²) in [4.78, 5) is 4.24. The van der Waals surface area contributed by atoms with Gasteiger partial charge in [-0.1, -0.05) is 0 Å². The van der Waals surface area contributed by atoms with Gasteiger partial charge in [0, 0.05) is 18.5 Å². The van der Waals surface area contributed by atoms with E-state index in [1.165, 1.54) is 12.1 Å². The second-order valence-corrected chi connectivity index (χ2v) is 4.49. The Morgan fingerprint density at radius 3 is 2.71 bits per heavy atom. The fourth-order valence-corrected chi connectivity index (χ4v) is 2.05. The molecule has 0 aliphatic carbocycles. The molecule has 1 aromatic carbocycles. The van der Waals surface area contributed by atoms with Crippen LogP contribution in [0.5, 0.6) is 0 Å². The maximum Gasteiger partial charge on any atom is 0.137 e. The fourth-order valence-electron chi connectivity index (χ4n) is 2.05. The molecule has 110 valence electrons. The number of nitrogens with two attached hydrogens (primary N) is 1. The number of halogens is 2. The van der Waals surface area contributed by atoms with Gasteiger partial charge in [-0.25, -0.2) is 9.37 Å². The molecule has 0 amide bonds. The van der Waals surface area contributed by atoms with Crippen LogP contribution in [0.15, 0.2) is 41.5 Å². The van der Waals surface area contributed by atoms with Crippen LogP contribution in [0, 0.1) is 5.82 Å². The molecule has 0 fully saturated rings.